The number of hydrogen-bond donors (Lipinski definition) is 2. The summed E-state index contributed by atoms with van der Waals surface area (Å²) in [6, 6.07) is 5.76. The Kier molecular flexibility index (Phi) is 5.69. The van der Waals surface area contributed by atoms with Crippen LogP contribution in [0.25, 0.3) is 0 Å². The van der Waals surface area contributed by atoms with E-state index in [-0.39, 0.29) is 10.6 Å². The lowest BCUT2D eigenvalue weighted by Gasteiger charge is -2.13. The molecule has 1 aromatic carbocycles. The van der Waals surface area contributed by atoms with E-state index in [1.807, 2.05) is 0 Å². The van der Waals surface area contributed by atoms with Crippen LogP contribution in [0.4, 0.5) is 0 Å². The van der Waals surface area contributed by atoms with E-state index in [0.29, 0.717) is 6.54 Å². The van der Waals surface area contributed by atoms with Gasteiger partial charge in [-0.05, 0) is 31.7 Å². The van der Waals surface area contributed by atoms with Crippen LogP contribution in [-0.2, 0) is 26.4 Å². The van der Waals surface area contributed by atoms with Crippen molar-refractivity contribution in [3.63, 3.8) is 0 Å². The topological polar surface area (TPSA) is 92.3 Å². The molecule has 0 bridgehead atoms. The number of sulfone groups is 1. The minimum atomic E-state index is -3.70. The molecule has 0 aliphatic rings. The highest BCUT2D eigenvalue weighted by Gasteiger charge is 2.19. The van der Waals surface area contributed by atoms with Gasteiger partial charge in [0.1, 0.15) is 9.84 Å². The van der Waals surface area contributed by atoms with E-state index in [0.717, 1.165) is 11.8 Å². The van der Waals surface area contributed by atoms with E-state index >= 15 is 0 Å². The van der Waals surface area contributed by atoms with Gasteiger partial charge in [0.05, 0.1) is 10.6 Å². The van der Waals surface area contributed by atoms with Crippen molar-refractivity contribution in [2.75, 3.05) is 19.1 Å². The van der Waals surface area contributed by atoms with Crippen molar-refractivity contribution in [3.05, 3.63) is 29.8 Å². The van der Waals surface area contributed by atoms with Crippen molar-refractivity contribution in [2.24, 2.45) is 0 Å². The molecule has 0 aromatic heterocycles. The summed E-state index contributed by atoms with van der Waals surface area (Å²) in [6.45, 7) is 2.17. The molecule has 8 heteroatoms. The number of rotatable bonds is 7. The molecule has 0 radical (unpaired) electrons. The highest BCUT2D eigenvalue weighted by atomic mass is 32.2. The van der Waals surface area contributed by atoms with Crippen LogP contribution in [-0.4, -0.2) is 41.9 Å². The molecule has 0 amide bonds. The zero-order chi connectivity index (χ0) is 15.4. The Morgan fingerprint density at radius 2 is 1.65 bits per heavy atom. The molecule has 20 heavy (non-hydrogen) atoms. The first-order valence-corrected chi connectivity index (χ1v) is 9.62. The molecule has 0 saturated carbocycles. The molecule has 0 aliphatic carbocycles. The van der Waals surface area contributed by atoms with Crippen LogP contribution >= 0.6 is 0 Å². The van der Waals surface area contributed by atoms with Crippen LogP contribution in [0, 0.1) is 0 Å². The maximum Gasteiger partial charge on any atom is 0.240 e. The summed E-state index contributed by atoms with van der Waals surface area (Å²) in [5.41, 5.74) is 0.968. The molecule has 1 atom stereocenters. The van der Waals surface area contributed by atoms with Crippen molar-refractivity contribution < 1.29 is 16.8 Å². The average Bonchev–Trinajstić information content (AvgIpc) is 2.26. The highest BCUT2D eigenvalue weighted by Crippen LogP contribution is 2.11. The van der Waals surface area contributed by atoms with E-state index in [2.05, 4.69) is 10.0 Å². The third kappa shape index (κ3) is 5.58. The first kappa shape index (κ1) is 17.1. The van der Waals surface area contributed by atoms with Gasteiger partial charge in [0.2, 0.25) is 10.0 Å². The van der Waals surface area contributed by atoms with Crippen LogP contribution in [0.15, 0.2) is 29.2 Å². The fourth-order valence-corrected chi connectivity index (χ4v) is 4.15. The van der Waals surface area contributed by atoms with E-state index in [1.165, 1.54) is 19.1 Å². The van der Waals surface area contributed by atoms with Gasteiger partial charge in [-0.25, -0.2) is 21.6 Å². The Bertz CT molecular complexity index is 637. The van der Waals surface area contributed by atoms with Crippen LogP contribution in [0.3, 0.4) is 0 Å². The molecule has 1 aromatic rings. The molecule has 1 unspecified atom stereocenters. The Morgan fingerprint density at radius 3 is 2.10 bits per heavy atom. The maximum absolute atomic E-state index is 12.1. The van der Waals surface area contributed by atoms with Crippen LogP contribution in [0.5, 0.6) is 0 Å². The SMILES string of the molecule is CNCc1ccc(S(=O)(=O)NC(C)CS(C)(=O)=O)cc1. The van der Waals surface area contributed by atoms with Crippen LogP contribution in [0.2, 0.25) is 0 Å². The number of nitrogens with one attached hydrogen (secondary N) is 2. The predicted molar refractivity (Wildman–Crippen MR) is 78.7 cm³/mol. The molecule has 2 N–H and O–H groups in total. The maximum atomic E-state index is 12.1. The summed E-state index contributed by atoms with van der Waals surface area (Å²) < 4.78 is 48.8. The van der Waals surface area contributed by atoms with Gasteiger partial charge in [0.15, 0.2) is 0 Å². The van der Waals surface area contributed by atoms with Gasteiger partial charge in [-0.1, -0.05) is 12.1 Å². The molecule has 6 nitrogen and oxygen atoms in total. The van der Waals surface area contributed by atoms with E-state index in [4.69, 9.17) is 0 Å². The molecule has 0 heterocycles. The Morgan fingerprint density at radius 1 is 1.10 bits per heavy atom. The van der Waals surface area contributed by atoms with Gasteiger partial charge in [-0.2, -0.15) is 0 Å². The van der Waals surface area contributed by atoms with Gasteiger partial charge >= 0.3 is 0 Å². The van der Waals surface area contributed by atoms with Crippen molar-refractivity contribution in [2.45, 2.75) is 24.4 Å². The van der Waals surface area contributed by atoms with Gasteiger partial charge in [0.25, 0.3) is 0 Å². The summed E-state index contributed by atoms with van der Waals surface area (Å²) in [5, 5.41) is 2.97. The molecule has 114 valence electrons. The minimum Gasteiger partial charge on any atom is -0.316 e. The predicted octanol–water partition coefficient (Wildman–Crippen LogP) is 0.117. The zero-order valence-electron chi connectivity index (χ0n) is 11.8. The third-order valence-electron chi connectivity index (χ3n) is 2.52. The van der Waals surface area contributed by atoms with Crippen molar-refractivity contribution in [1.82, 2.24) is 10.0 Å². The standard InChI is InChI=1S/C12H20N2O4S2/c1-10(9-19(3,15)16)14-20(17,18)12-6-4-11(5-7-12)8-13-2/h4-7,10,13-14H,8-9H2,1-3H3. The molecular weight excluding hydrogens is 300 g/mol. The van der Waals surface area contributed by atoms with Gasteiger partial charge in [0, 0.05) is 18.8 Å². The lowest BCUT2D eigenvalue weighted by Crippen LogP contribution is -2.37. The lowest BCUT2D eigenvalue weighted by atomic mass is 10.2. The van der Waals surface area contributed by atoms with Crippen molar-refractivity contribution in [3.8, 4) is 0 Å². The molecule has 0 fully saturated rings. The van der Waals surface area contributed by atoms with Gasteiger partial charge < -0.3 is 5.32 Å². The number of hydrogen-bond acceptors (Lipinski definition) is 5. The van der Waals surface area contributed by atoms with Gasteiger partial charge in [-0.3, -0.25) is 0 Å². The zero-order valence-corrected chi connectivity index (χ0v) is 13.4. The molecule has 0 spiro atoms. The summed E-state index contributed by atoms with van der Waals surface area (Å²) in [4.78, 5) is 0.123. The smallest absolute Gasteiger partial charge is 0.240 e. The van der Waals surface area contributed by atoms with E-state index in [1.54, 1.807) is 19.2 Å². The quantitative estimate of drug-likeness (QED) is 0.744. The first-order chi connectivity index (χ1) is 9.14. The Hall–Kier alpha value is -0.960. The van der Waals surface area contributed by atoms with Gasteiger partial charge in [-0.15, -0.1) is 0 Å². The second-order valence-electron chi connectivity index (χ2n) is 4.79. The number of benzene rings is 1. The van der Waals surface area contributed by atoms with Crippen LogP contribution < -0.4 is 10.0 Å². The lowest BCUT2D eigenvalue weighted by molar-refractivity contribution is 0.564. The largest absolute Gasteiger partial charge is 0.316 e. The first-order valence-electron chi connectivity index (χ1n) is 6.07. The summed E-state index contributed by atoms with van der Waals surface area (Å²) in [7, 11) is -5.12. The summed E-state index contributed by atoms with van der Waals surface area (Å²) in [6.07, 6.45) is 1.07. The molecule has 0 saturated heterocycles. The summed E-state index contributed by atoms with van der Waals surface area (Å²) >= 11 is 0. The van der Waals surface area contributed by atoms with Crippen molar-refractivity contribution >= 4 is 19.9 Å². The molecular formula is C12H20N2O4S2. The fraction of sp³-hybridized carbons (Fsp3) is 0.500. The second-order valence-corrected chi connectivity index (χ2v) is 8.69. The number of sulfonamides is 1. The normalized spacial score (nSPS) is 14.2. The fourth-order valence-electron chi connectivity index (χ4n) is 1.81. The van der Waals surface area contributed by atoms with Crippen molar-refractivity contribution in [1.29, 1.82) is 0 Å². The third-order valence-corrected chi connectivity index (χ3v) is 5.23. The Balaban J connectivity index is 2.83. The van der Waals surface area contributed by atoms with E-state index < -0.39 is 25.9 Å². The average molecular weight is 320 g/mol. The second kappa shape index (κ2) is 6.66. The summed E-state index contributed by atoms with van der Waals surface area (Å²) in [5.74, 6) is -0.232. The monoisotopic (exact) mass is 320 g/mol. The molecule has 1 rings (SSSR count). The van der Waals surface area contributed by atoms with E-state index in [9.17, 15) is 16.8 Å². The molecule has 0 aliphatic heterocycles. The Labute approximate surface area is 120 Å². The van der Waals surface area contributed by atoms with Crippen LogP contribution in [0.1, 0.15) is 12.5 Å². The minimum absolute atomic E-state index is 0.123. The highest BCUT2D eigenvalue weighted by molar-refractivity contribution is 7.91.